The molecule has 2 heterocycles. The van der Waals surface area contributed by atoms with Crippen LogP contribution in [0.1, 0.15) is 19.3 Å². The summed E-state index contributed by atoms with van der Waals surface area (Å²) in [4.78, 5) is 26.8. The second-order valence-electron chi connectivity index (χ2n) is 5.72. The number of aliphatic carboxylic acids is 1. The van der Waals surface area contributed by atoms with Gasteiger partial charge in [-0.3, -0.25) is 9.69 Å². The number of thioether (sulfide) groups is 1. The molecule has 2 rings (SSSR count). The summed E-state index contributed by atoms with van der Waals surface area (Å²) in [6, 6.07) is -0.000732. The van der Waals surface area contributed by atoms with Crippen molar-refractivity contribution < 1.29 is 14.7 Å². The van der Waals surface area contributed by atoms with Gasteiger partial charge >= 0.3 is 12.0 Å². The number of carbonyl (C=O) groups excluding carboxylic acids is 1. The summed E-state index contributed by atoms with van der Waals surface area (Å²) >= 11 is 1.99. The first-order valence-corrected chi connectivity index (χ1v) is 8.85. The molecular formula is C14H25N3O3S. The number of nitrogens with one attached hydrogen (secondary N) is 1. The van der Waals surface area contributed by atoms with Gasteiger partial charge in [0.1, 0.15) is 0 Å². The Labute approximate surface area is 130 Å². The summed E-state index contributed by atoms with van der Waals surface area (Å²) in [6.07, 6.45) is 1.79. The molecule has 0 bridgehead atoms. The van der Waals surface area contributed by atoms with Crippen LogP contribution in [0.25, 0.3) is 0 Å². The Morgan fingerprint density at radius 2 is 2.00 bits per heavy atom. The van der Waals surface area contributed by atoms with Gasteiger partial charge in [-0.15, -0.1) is 0 Å². The van der Waals surface area contributed by atoms with E-state index in [0.717, 1.165) is 32.6 Å². The highest BCUT2D eigenvalue weighted by Gasteiger charge is 2.26. The van der Waals surface area contributed by atoms with E-state index in [0.29, 0.717) is 25.4 Å². The molecule has 21 heavy (non-hydrogen) atoms. The molecule has 120 valence electrons. The molecule has 2 aliphatic heterocycles. The molecule has 0 radical (unpaired) electrons. The Hall–Kier alpha value is -0.950. The molecule has 0 aliphatic carbocycles. The second-order valence-corrected chi connectivity index (χ2v) is 6.94. The van der Waals surface area contributed by atoms with Gasteiger partial charge in [0.05, 0.1) is 0 Å². The van der Waals surface area contributed by atoms with E-state index in [1.165, 1.54) is 11.5 Å². The third-order valence-electron chi connectivity index (χ3n) is 4.15. The van der Waals surface area contributed by atoms with E-state index < -0.39 is 5.97 Å². The lowest BCUT2D eigenvalue weighted by atomic mass is 10.0. The van der Waals surface area contributed by atoms with Crippen LogP contribution >= 0.6 is 11.8 Å². The molecule has 0 aromatic rings. The maximum Gasteiger partial charge on any atom is 0.317 e. The summed E-state index contributed by atoms with van der Waals surface area (Å²) in [5.41, 5.74) is 0. The number of amides is 2. The van der Waals surface area contributed by atoms with Crippen molar-refractivity contribution in [3.8, 4) is 0 Å². The highest BCUT2D eigenvalue weighted by Crippen LogP contribution is 2.20. The summed E-state index contributed by atoms with van der Waals surface area (Å²) in [7, 11) is 0. The molecule has 1 unspecified atom stereocenters. The smallest absolute Gasteiger partial charge is 0.317 e. The highest BCUT2D eigenvalue weighted by atomic mass is 32.2. The molecule has 2 N–H and O–H groups in total. The number of nitrogens with zero attached hydrogens (tertiary/aromatic N) is 2. The molecule has 0 saturated carbocycles. The van der Waals surface area contributed by atoms with Gasteiger partial charge in [0, 0.05) is 57.2 Å². The number of carboxylic acids is 1. The van der Waals surface area contributed by atoms with Gasteiger partial charge < -0.3 is 15.3 Å². The van der Waals surface area contributed by atoms with Gasteiger partial charge in [0.2, 0.25) is 0 Å². The zero-order valence-corrected chi connectivity index (χ0v) is 13.2. The molecule has 7 heteroatoms. The molecule has 0 aromatic heterocycles. The molecule has 2 aliphatic rings. The van der Waals surface area contributed by atoms with Crippen LogP contribution in [0.4, 0.5) is 4.79 Å². The normalized spacial score (nSPS) is 23.2. The quantitative estimate of drug-likeness (QED) is 0.763. The largest absolute Gasteiger partial charge is 0.481 e. The van der Waals surface area contributed by atoms with Crippen LogP contribution in [0.15, 0.2) is 0 Å². The zero-order valence-electron chi connectivity index (χ0n) is 12.4. The third kappa shape index (κ3) is 5.74. The van der Waals surface area contributed by atoms with Crippen molar-refractivity contribution >= 4 is 23.8 Å². The van der Waals surface area contributed by atoms with Crippen LogP contribution in [0.2, 0.25) is 0 Å². The Bertz CT molecular complexity index is 361. The van der Waals surface area contributed by atoms with Gasteiger partial charge in [-0.25, -0.2) is 4.79 Å². The van der Waals surface area contributed by atoms with E-state index in [9.17, 15) is 9.59 Å². The minimum Gasteiger partial charge on any atom is -0.481 e. The van der Waals surface area contributed by atoms with Crippen LogP contribution in [0.3, 0.4) is 0 Å². The molecule has 2 saturated heterocycles. The minimum absolute atomic E-state index is 0.000732. The second kappa shape index (κ2) is 8.48. The van der Waals surface area contributed by atoms with E-state index in [4.69, 9.17) is 5.11 Å². The Balaban J connectivity index is 1.59. The number of urea groups is 1. The lowest BCUT2D eigenvalue weighted by molar-refractivity contribution is -0.137. The fourth-order valence-electron chi connectivity index (χ4n) is 2.84. The maximum absolute atomic E-state index is 12.0. The summed E-state index contributed by atoms with van der Waals surface area (Å²) in [5.74, 6) is 1.96. The average Bonchev–Trinajstić information content (AvgIpc) is 2.95. The predicted octanol–water partition coefficient (Wildman–Crippen LogP) is 0.931. The van der Waals surface area contributed by atoms with Crippen molar-refractivity contribution in [3.63, 3.8) is 0 Å². The molecule has 1 atom stereocenters. The predicted molar refractivity (Wildman–Crippen MR) is 83.7 cm³/mol. The SMILES string of the molecule is O=C(O)CCC1CCN(C(=O)NCCN2CCSCC2)C1. The maximum atomic E-state index is 12.0. The number of hydrogen-bond acceptors (Lipinski definition) is 4. The van der Waals surface area contributed by atoms with E-state index in [-0.39, 0.29) is 12.5 Å². The van der Waals surface area contributed by atoms with Crippen molar-refractivity contribution in [2.75, 3.05) is 50.8 Å². The van der Waals surface area contributed by atoms with Crippen molar-refractivity contribution in [2.45, 2.75) is 19.3 Å². The van der Waals surface area contributed by atoms with Crippen molar-refractivity contribution in [1.82, 2.24) is 15.1 Å². The van der Waals surface area contributed by atoms with Gasteiger partial charge in [-0.1, -0.05) is 0 Å². The van der Waals surface area contributed by atoms with Crippen molar-refractivity contribution in [2.24, 2.45) is 5.92 Å². The first kappa shape index (κ1) is 16.4. The first-order valence-electron chi connectivity index (χ1n) is 7.70. The van der Waals surface area contributed by atoms with E-state index in [1.807, 2.05) is 16.7 Å². The number of hydrogen-bond donors (Lipinski definition) is 2. The van der Waals surface area contributed by atoms with Crippen LogP contribution in [0, 0.1) is 5.92 Å². The van der Waals surface area contributed by atoms with E-state index >= 15 is 0 Å². The van der Waals surface area contributed by atoms with Gasteiger partial charge in [0.15, 0.2) is 0 Å². The zero-order chi connectivity index (χ0) is 15.1. The van der Waals surface area contributed by atoms with E-state index in [2.05, 4.69) is 10.2 Å². The molecule has 0 spiro atoms. The van der Waals surface area contributed by atoms with Crippen molar-refractivity contribution in [1.29, 1.82) is 0 Å². The lowest BCUT2D eigenvalue weighted by Crippen LogP contribution is -2.43. The fourth-order valence-corrected chi connectivity index (χ4v) is 3.82. The highest BCUT2D eigenvalue weighted by molar-refractivity contribution is 7.99. The van der Waals surface area contributed by atoms with Crippen molar-refractivity contribution in [3.05, 3.63) is 0 Å². The molecule has 0 aromatic carbocycles. The average molecular weight is 315 g/mol. The number of carbonyl (C=O) groups is 2. The Morgan fingerprint density at radius 1 is 1.24 bits per heavy atom. The molecular weight excluding hydrogens is 290 g/mol. The van der Waals surface area contributed by atoms with Crippen LogP contribution in [-0.2, 0) is 4.79 Å². The molecule has 2 amide bonds. The third-order valence-corrected chi connectivity index (χ3v) is 5.09. The first-order chi connectivity index (χ1) is 10.1. The number of likely N-dealkylation sites (tertiary alicyclic amines) is 1. The summed E-state index contributed by atoms with van der Waals surface area (Å²) < 4.78 is 0. The van der Waals surface area contributed by atoms with Gasteiger partial charge in [-0.05, 0) is 18.8 Å². The monoisotopic (exact) mass is 315 g/mol. The molecule has 6 nitrogen and oxygen atoms in total. The number of carboxylic acid groups (broad SMARTS) is 1. The minimum atomic E-state index is -0.752. The fraction of sp³-hybridized carbons (Fsp3) is 0.857. The standard InChI is InChI=1S/C14H25N3O3S/c18-13(19)2-1-12-3-5-17(11-12)14(20)15-4-6-16-7-9-21-10-8-16/h12H,1-11H2,(H,15,20)(H,18,19). The Kier molecular flexibility index (Phi) is 6.63. The molecule has 2 fully saturated rings. The van der Waals surface area contributed by atoms with Gasteiger partial charge in [-0.2, -0.15) is 11.8 Å². The summed E-state index contributed by atoms with van der Waals surface area (Å²) in [6.45, 7) is 5.28. The summed E-state index contributed by atoms with van der Waals surface area (Å²) in [5, 5.41) is 11.7. The van der Waals surface area contributed by atoms with Crippen LogP contribution < -0.4 is 5.32 Å². The lowest BCUT2D eigenvalue weighted by Gasteiger charge is -2.26. The van der Waals surface area contributed by atoms with Crippen LogP contribution in [0.5, 0.6) is 0 Å². The topological polar surface area (TPSA) is 72.9 Å². The van der Waals surface area contributed by atoms with Gasteiger partial charge in [0.25, 0.3) is 0 Å². The number of rotatable bonds is 6. The van der Waals surface area contributed by atoms with Crippen LogP contribution in [-0.4, -0.2) is 77.7 Å². The Morgan fingerprint density at radius 3 is 2.71 bits per heavy atom. The van der Waals surface area contributed by atoms with E-state index in [1.54, 1.807) is 0 Å².